The molecule has 4 rings (SSSR count). The van der Waals surface area contributed by atoms with Crippen molar-refractivity contribution >= 4 is 50.7 Å². The van der Waals surface area contributed by atoms with E-state index in [1.165, 1.54) is 22.5 Å². The van der Waals surface area contributed by atoms with Crippen LogP contribution in [0.1, 0.15) is 5.56 Å². The van der Waals surface area contributed by atoms with Crippen LogP contribution in [0.3, 0.4) is 0 Å². The number of thioether (sulfide) groups is 1. The lowest BCUT2D eigenvalue weighted by Gasteiger charge is -2.13. The Bertz CT molecular complexity index is 1310. The largest absolute Gasteiger partial charge is 0.272 e. The van der Waals surface area contributed by atoms with Crippen LogP contribution < -0.4 is 11.0 Å². The number of rotatable bonds is 6. The van der Waals surface area contributed by atoms with Crippen molar-refractivity contribution in [3.63, 3.8) is 0 Å². The van der Waals surface area contributed by atoms with Gasteiger partial charge in [0.15, 0.2) is 5.16 Å². The summed E-state index contributed by atoms with van der Waals surface area (Å²) in [6, 6.07) is 18.1. The molecule has 7 nitrogen and oxygen atoms in total. The van der Waals surface area contributed by atoms with Crippen molar-refractivity contribution in [1.29, 1.82) is 0 Å². The van der Waals surface area contributed by atoms with Crippen LogP contribution in [0, 0.1) is 0 Å². The number of hydrogen-bond acceptors (Lipinski definition) is 6. The second kappa shape index (κ2) is 9.67. The molecule has 1 N–H and O–H groups in total. The van der Waals surface area contributed by atoms with Gasteiger partial charge >= 0.3 is 0 Å². The van der Waals surface area contributed by atoms with Gasteiger partial charge in [-0.1, -0.05) is 39.8 Å². The smallest absolute Gasteiger partial charge is 0.266 e. The summed E-state index contributed by atoms with van der Waals surface area (Å²) < 4.78 is 2.42. The summed E-state index contributed by atoms with van der Waals surface area (Å²) in [6.45, 7) is 0. The van der Waals surface area contributed by atoms with Crippen LogP contribution in [-0.4, -0.2) is 32.4 Å². The number of halogens is 1. The summed E-state index contributed by atoms with van der Waals surface area (Å²) in [5.74, 6) is -0.255. The molecular formula is C22H16BrN5O2S. The van der Waals surface area contributed by atoms with E-state index in [1.54, 1.807) is 42.7 Å². The van der Waals surface area contributed by atoms with Crippen LogP contribution in [0.25, 0.3) is 16.6 Å². The second-order valence-electron chi connectivity index (χ2n) is 6.39. The highest BCUT2D eigenvalue weighted by molar-refractivity contribution is 9.10. The normalized spacial score (nSPS) is 11.1. The predicted molar refractivity (Wildman–Crippen MR) is 126 cm³/mol. The molecule has 2 aromatic heterocycles. The van der Waals surface area contributed by atoms with E-state index in [2.05, 4.69) is 36.4 Å². The zero-order valence-corrected chi connectivity index (χ0v) is 18.5. The van der Waals surface area contributed by atoms with Crippen molar-refractivity contribution in [1.82, 2.24) is 20.0 Å². The van der Waals surface area contributed by atoms with Gasteiger partial charge in [0.1, 0.15) is 0 Å². The number of aromatic nitrogens is 3. The molecule has 0 atom stereocenters. The summed E-state index contributed by atoms with van der Waals surface area (Å²) in [4.78, 5) is 34.0. The Kier molecular flexibility index (Phi) is 6.54. The average Bonchev–Trinajstić information content (AvgIpc) is 2.79. The molecule has 2 aromatic carbocycles. The van der Waals surface area contributed by atoms with Crippen LogP contribution >= 0.6 is 27.7 Å². The number of para-hydroxylation sites is 1. The predicted octanol–water partition coefficient (Wildman–Crippen LogP) is 3.79. The Labute approximate surface area is 190 Å². The Morgan fingerprint density at radius 2 is 1.84 bits per heavy atom. The first-order valence-electron chi connectivity index (χ1n) is 9.24. The van der Waals surface area contributed by atoms with Crippen LogP contribution in [0.2, 0.25) is 0 Å². The van der Waals surface area contributed by atoms with E-state index in [1.807, 2.05) is 30.3 Å². The molecule has 0 aliphatic rings. The highest BCUT2D eigenvalue weighted by atomic mass is 79.9. The van der Waals surface area contributed by atoms with Gasteiger partial charge in [0.2, 0.25) is 0 Å². The van der Waals surface area contributed by atoms with Gasteiger partial charge < -0.3 is 0 Å². The Morgan fingerprint density at radius 1 is 1.10 bits per heavy atom. The van der Waals surface area contributed by atoms with Gasteiger partial charge in [0.25, 0.3) is 11.5 Å². The first-order valence-corrected chi connectivity index (χ1v) is 11.0. The number of benzene rings is 2. The lowest BCUT2D eigenvalue weighted by Crippen LogP contribution is -2.24. The highest BCUT2D eigenvalue weighted by Gasteiger charge is 2.14. The van der Waals surface area contributed by atoms with Crippen molar-refractivity contribution in [2.45, 2.75) is 5.16 Å². The molecule has 0 saturated heterocycles. The van der Waals surface area contributed by atoms with E-state index in [9.17, 15) is 9.59 Å². The maximum Gasteiger partial charge on any atom is 0.266 e. The van der Waals surface area contributed by atoms with Crippen LogP contribution in [0.5, 0.6) is 0 Å². The third-order valence-electron chi connectivity index (χ3n) is 4.27. The second-order valence-corrected chi connectivity index (χ2v) is 8.25. The number of hydrazone groups is 1. The molecule has 31 heavy (non-hydrogen) atoms. The first-order chi connectivity index (χ1) is 15.1. The van der Waals surface area contributed by atoms with Crippen LogP contribution in [-0.2, 0) is 4.79 Å². The van der Waals surface area contributed by atoms with Gasteiger partial charge in [-0.25, -0.2) is 10.4 Å². The molecule has 9 heteroatoms. The number of pyridine rings is 1. The van der Waals surface area contributed by atoms with E-state index >= 15 is 0 Å². The Hall–Kier alpha value is -3.30. The lowest BCUT2D eigenvalue weighted by atomic mass is 10.2. The third-order valence-corrected chi connectivity index (χ3v) is 5.74. The van der Waals surface area contributed by atoms with Crippen molar-refractivity contribution in [2.24, 2.45) is 5.10 Å². The molecule has 0 bridgehead atoms. The van der Waals surface area contributed by atoms with Gasteiger partial charge in [-0.3, -0.25) is 19.1 Å². The van der Waals surface area contributed by atoms with Crippen molar-refractivity contribution in [3.8, 4) is 5.69 Å². The average molecular weight is 494 g/mol. The quantitative estimate of drug-likeness (QED) is 0.191. The maximum absolute atomic E-state index is 13.2. The first kappa shape index (κ1) is 21.0. The number of hydrogen-bond donors (Lipinski definition) is 1. The summed E-state index contributed by atoms with van der Waals surface area (Å²) in [7, 11) is 0. The summed E-state index contributed by atoms with van der Waals surface area (Å²) in [6.07, 6.45) is 4.83. The van der Waals surface area contributed by atoms with Crippen molar-refractivity contribution in [2.75, 3.05) is 5.75 Å². The highest BCUT2D eigenvalue weighted by Crippen LogP contribution is 2.22. The van der Waals surface area contributed by atoms with E-state index < -0.39 is 0 Å². The number of carbonyl (C=O) groups excluding carboxylic acids is 1. The number of carbonyl (C=O) groups is 1. The minimum atomic E-state index is -0.305. The van der Waals surface area contributed by atoms with Gasteiger partial charge in [-0.15, -0.1) is 0 Å². The number of nitrogens with zero attached hydrogens (tertiary/aromatic N) is 4. The topological polar surface area (TPSA) is 89.2 Å². The SMILES string of the molecule is O=C(CSc1nc2ccccc2c(=O)n1-c1ccc(Br)cc1)N/N=C/c1ccncc1. The fourth-order valence-corrected chi connectivity index (χ4v) is 3.89. The van der Waals surface area contributed by atoms with Crippen molar-refractivity contribution in [3.05, 3.63) is 93.4 Å². The Morgan fingerprint density at radius 3 is 2.61 bits per heavy atom. The molecule has 0 spiro atoms. The van der Waals surface area contributed by atoms with Gasteiger partial charge in [0, 0.05) is 16.9 Å². The third kappa shape index (κ3) is 5.07. The summed E-state index contributed by atoms with van der Waals surface area (Å²) in [5, 5.41) is 4.90. The molecule has 0 fully saturated rings. The molecule has 1 amide bonds. The molecule has 2 heterocycles. The summed E-state index contributed by atoms with van der Waals surface area (Å²) in [5.41, 5.74) is 4.38. The summed E-state index contributed by atoms with van der Waals surface area (Å²) >= 11 is 4.58. The zero-order valence-electron chi connectivity index (χ0n) is 16.1. The minimum Gasteiger partial charge on any atom is -0.272 e. The van der Waals surface area contributed by atoms with E-state index in [0.29, 0.717) is 21.7 Å². The standard InChI is InChI=1S/C22H16BrN5O2S/c23-16-5-7-17(8-6-16)28-21(30)18-3-1-2-4-19(18)26-22(28)31-14-20(29)27-25-13-15-9-11-24-12-10-15/h1-13H,14H2,(H,27,29)/b25-13+. The number of amides is 1. The molecule has 0 radical (unpaired) electrons. The lowest BCUT2D eigenvalue weighted by molar-refractivity contribution is -0.118. The molecule has 154 valence electrons. The molecule has 4 aromatic rings. The Balaban J connectivity index is 1.58. The number of nitrogens with one attached hydrogen (secondary N) is 1. The van der Waals surface area contributed by atoms with Crippen molar-refractivity contribution < 1.29 is 4.79 Å². The van der Waals surface area contributed by atoms with E-state index in [4.69, 9.17) is 0 Å². The minimum absolute atomic E-state index is 0.0506. The maximum atomic E-state index is 13.2. The van der Waals surface area contributed by atoms with Crippen LogP contribution in [0.4, 0.5) is 0 Å². The molecule has 0 aliphatic carbocycles. The fraction of sp³-hybridized carbons (Fsp3) is 0.0455. The zero-order chi connectivity index (χ0) is 21.6. The van der Waals surface area contributed by atoms with Gasteiger partial charge in [-0.05, 0) is 54.1 Å². The van der Waals surface area contributed by atoms with Crippen LogP contribution in [0.15, 0.2) is 92.6 Å². The number of fused-ring (bicyclic) bond motifs is 1. The fourth-order valence-electron chi connectivity index (χ4n) is 2.82. The molecular weight excluding hydrogens is 478 g/mol. The van der Waals surface area contributed by atoms with Gasteiger partial charge in [0.05, 0.1) is 28.6 Å². The van der Waals surface area contributed by atoms with E-state index in [-0.39, 0.29) is 17.2 Å². The molecule has 0 unspecified atom stereocenters. The van der Waals surface area contributed by atoms with E-state index in [0.717, 1.165) is 10.0 Å². The van der Waals surface area contributed by atoms with Gasteiger partial charge in [-0.2, -0.15) is 5.10 Å². The molecule has 0 aliphatic heterocycles. The monoisotopic (exact) mass is 493 g/mol. The molecule has 0 saturated carbocycles.